The van der Waals surface area contributed by atoms with Crippen molar-refractivity contribution in [2.24, 2.45) is 0 Å². The van der Waals surface area contributed by atoms with Gasteiger partial charge in [0.25, 0.3) is 17.4 Å². The molecule has 172 valence electrons. The van der Waals surface area contributed by atoms with Crippen molar-refractivity contribution in [2.75, 3.05) is 27.2 Å². The first-order valence-electron chi connectivity index (χ1n) is 10.9. The third-order valence-corrected chi connectivity index (χ3v) is 6.19. The molecule has 3 heterocycles. The van der Waals surface area contributed by atoms with Crippen molar-refractivity contribution >= 4 is 11.8 Å². The monoisotopic (exact) mass is 449 g/mol. The first-order chi connectivity index (χ1) is 15.9. The quantitative estimate of drug-likeness (QED) is 0.598. The van der Waals surface area contributed by atoms with Crippen molar-refractivity contribution in [1.82, 2.24) is 14.4 Å². The number of carbonyl (C=O) groups excluding carboxylic acids is 2. The molecule has 0 aliphatic carbocycles. The standard InChI is InChI=1S/C25H27N3O5/c1-17(20-10-7-15-33-20)26(2)25(31)23-19-11-12-27(24(30)18-8-5-4-6-9-18)13-14-28(19)22(29)16-21(23)32-3/h4-10,15-17H,11-14H2,1-3H3. The van der Waals surface area contributed by atoms with E-state index in [0.29, 0.717) is 48.6 Å². The maximum absolute atomic E-state index is 13.6. The normalized spacial score (nSPS) is 14.2. The van der Waals surface area contributed by atoms with Crippen molar-refractivity contribution in [3.05, 3.63) is 87.7 Å². The van der Waals surface area contributed by atoms with Crippen LogP contribution in [0.5, 0.6) is 5.75 Å². The Morgan fingerprint density at radius 2 is 1.85 bits per heavy atom. The van der Waals surface area contributed by atoms with E-state index in [9.17, 15) is 14.4 Å². The van der Waals surface area contributed by atoms with Crippen LogP contribution < -0.4 is 10.3 Å². The van der Waals surface area contributed by atoms with Gasteiger partial charge in [0.2, 0.25) is 0 Å². The van der Waals surface area contributed by atoms with Gasteiger partial charge in [-0.3, -0.25) is 14.4 Å². The van der Waals surface area contributed by atoms with E-state index in [4.69, 9.17) is 9.15 Å². The van der Waals surface area contributed by atoms with Crippen LogP contribution in [0.4, 0.5) is 0 Å². The Morgan fingerprint density at radius 1 is 1.09 bits per heavy atom. The van der Waals surface area contributed by atoms with Crippen LogP contribution in [0.1, 0.15) is 45.1 Å². The minimum atomic E-state index is -0.313. The summed E-state index contributed by atoms with van der Waals surface area (Å²) in [6.45, 7) is 2.93. The molecule has 1 unspecified atom stereocenters. The number of aromatic nitrogens is 1. The van der Waals surface area contributed by atoms with E-state index in [1.807, 2.05) is 31.2 Å². The van der Waals surface area contributed by atoms with Crippen LogP contribution in [-0.2, 0) is 13.0 Å². The van der Waals surface area contributed by atoms with Crippen molar-refractivity contribution < 1.29 is 18.7 Å². The maximum Gasteiger partial charge on any atom is 0.259 e. The molecule has 0 radical (unpaired) electrons. The van der Waals surface area contributed by atoms with Crippen LogP contribution in [0.3, 0.4) is 0 Å². The van der Waals surface area contributed by atoms with Crippen LogP contribution in [-0.4, -0.2) is 53.4 Å². The Hall–Kier alpha value is -3.81. The van der Waals surface area contributed by atoms with Crippen molar-refractivity contribution in [2.45, 2.75) is 25.9 Å². The number of hydrogen-bond donors (Lipinski definition) is 0. The number of amides is 2. The van der Waals surface area contributed by atoms with Gasteiger partial charge in [0.05, 0.1) is 19.4 Å². The summed E-state index contributed by atoms with van der Waals surface area (Å²) < 4.78 is 12.5. The summed E-state index contributed by atoms with van der Waals surface area (Å²) >= 11 is 0. The predicted molar refractivity (Wildman–Crippen MR) is 123 cm³/mol. The highest BCUT2D eigenvalue weighted by Gasteiger charge is 2.30. The van der Waals surface area contributed by atoms with E-state index in [1.54, 1.807) is 45.9 Å². The lowest BCUT2D eigenvalue weighted by atomic mass is 10.1. The van der Waals surface area contributed by atoms with Gasteiger partial charge in [0.1, 0.15) is 17.1 Å². The molecule has 8 heteroatoms. The molecule has 2 amide bonds. The third-order valence-electron chi connectivity index (χ3n) is 6.19. The zero-order valence-electron chi connectivity index (χ0n) is 19.0. The minimum absolute atomic E-state index is 0.0974. The smallest absolute Gasteiger partial charge is 0.259 e. The second kappa shape index (κ2) is 9.36. The predicted octanol–water partition coefficient (Wildman–Crippen LogP) is 2.98. The molecule has 2 aromatic heterocycles. The first kappa shape index (κ1) is 22.4. The number of hydrogen-bond acceptors (Lipinski definition) is 5. The Labute approximate surface area is 192 Å². The highest BCUT2D eigenvalue weighted by atomic mass is 16.5. The molecule has 1 aliphatic rings. The second-order valence-corrected chi connectivity index (χ2v) is 8.04. The maximum atomic E-state index is 13.6. The van der Waals surface area contributed by atoms with E-state index in [2.05, 4.69) is 0 Å². The lowest BCUT2D eigenvalue weighted by Crippen LogP contribution is -2.34. The highest BCUT2D eigenvalue weighted by molar-refractivity contribution is 5.98. The fraction of sp³-hybridized carbons (Fsp3) is 0.320. The Morgan fingerprint density at radius 3 is 2.52 bits per heavy atom. The zero-order valence-corrected chi connectivity index (χ0v) is 19.0. The number of nitrogens with zero attached hydrogens (tertiary/aromatic N) is 3. The molecular formula is C25H27N3O5. The van der Waals surface area contributed by atoms with E-state index in [-0.39, 0.29) is 29.2 Å². The van der Waals surface area contributed by atoms with Crippen molar-refractivity contribution in [1.29, 1.82) is 0 Å². The number of rotatable bonds is 5. The van der Waals surface area contributed by atoms with Gasteiger partial charge in [0.15, 0.2) is 0 Å². The number of benzene rings is 1. The molecule has 33 heavy (non-hydrogen) atoms. The first-order valence-corrected chi connectivity index (χ1v) is 10.9. The molecule has 0 saturated heterocycles. The molecule has 8 nitrogen and oxygen atoms in total. The molecule has 0 N–H and O–H groups in total. The van der Waals surface area contributed by atoms with Gasteiger partial charge in [-0.05, 0) is 31.2 Å². The number of furan rings is 1. The highest BCUT2D eigenvalue weighted by Crippen LogP contribution is 2.28. The molecule has 1 aliphatic heterocycles. The van der Waals surface area contributed by atoms with Gasteiger partial charge in [-0.25, -0.2) is 0 Å². The number of fused-ring (bicyclic) bond motifs is 1. The van der Waals surface area contributed by atoms with Crippen LogP contribution >= 0.6 is 0 Å². The summed E-state index contributed by atoms with van der Waals surface area (Å²) in [5.41, 5.74) is 1.25. The van der Waals surface area contributed by atoms with Gasteiger partial charge in [0, 0.05) is 50.4 Å². The molecule has 0 fully saturated rings. The Bertz CT molecular complexity index is 1200. The molecule has 0 saturated carbocycles. The molecule has 1 aromatic carbocycles. The summed E-state index contributed by atoms with van der Waals surface area (Å²) in [7, 11) is 3.14. The zero-order chi connectivity index (χ0) is 23.5. The van der Waals surface area contributed by atoms with Gasteiger partial charge in [-0.2, -0.15) is 0 Å². The molecule has 1 atom stereocenters. The molecule has 0 spiro atoms. The van der Waals surface area contributed by atoms with Crippen LogP contribution in [0.25, 0.3) is 0 Å². The van der Waals surface area contributed by atoms with E-state index >= 15 is 0 Å². The number of pyridine rings is 1. The summed E-state index contributed by atoms with van der Waals surface area (Å²) in [5, 5.41) is 0. The summed E-state index contributed by atoms with van der Waals surface area (Å²) in [6.07, 6.45) is 1.92. The largest absolute Gasteiger partial charge is 0.496 e. The van der Waals surface area contributed by atoms with E-state index < -0.39 is 0 Å². The van der Waals surface area contributed by atoms with Crippen molar-refractivity contribution in [3.8, 4) is 5.75 Å². The van der Waals surface area contributed by atoms with Gasteiger partial charge < -0.3 is 23.5 Å². The van der Waals surface area contributed by atoms with Crippen molar-refractivity contribution in [3.63, 3.8) is 0 Å². The fourth-order valence-corrected chi connectivity index (χ4v) is 4.18. The molecule has 0 bridgehead atoms. The fourth-order valence-electron chi connectivity index (χ4n) is 4.18. The number of carbonyl (C=O) groups is 2. The van der Waals surface area contributed by atoms with Crippen LogP contribution in [0.2, 0.25) is 0 Å². The Balaban J connectivity index is 1.68. The average Bonchev–Trinajstić information content (AvgIpc) is 3.29. The summed E-state index contributed by atoms with van der Waals surface area (Å²) in [6, 6.07) is 13.7. The minimum Gasteiger partial charge on any atom is -0.496 e. The van der Waals surface area contributed by atoms with E-state index in [1.165, 1.54) is 13.2 Å². The number of methoxy groups -OCH3 is 1. The average molecular weight is 450 g/mol. The topological polar surface area (TPSA) is 85.0 Å². The van der Waals surface area contributed by atoms with Gasteiger partial charge in [-0.15, -0.1) is 0 Å². The van der Waals surface area contributed by atoms with Gasteiger partial charge in [-0.1, -0.05) is 18.2 Å². The lowest BCUT2D eigenvalue weighted by molar-refractivity contribution is 0.0720. The third kappa shape index (κ3) is 4.28. The van der Waals surface area contributed by atoms with Gasteiger partial charge >= 0.3 is 0 Å². The van der Waals surface area contributed by atoms with Crippen LogP contribution in [0.15, 0.2) is 64.0 Å². The molecule has 4 rings (SSSR count). The summed E-state index contributed by atoms with van der Waals surface area (Å²) in [4.78, 5) is 42.7. The SMILES string of the molecule is COc1cc(=O)n2c(c1C(=O)N(C)C(C)c1ccco1)CCN(C(=O)c1ccccc1)CC2. The number of ether oxygens (including phenoxy) is 1. The molecule has 3 aromatic rings. The van der Waals surface area contributed by atoms with E-state index in [0.717, 1.165) is 0 Å². The second-order valence-electron chi connectivity index (χ2n) is 8.04. The lowest BCUT2D eigenvalue weighted by Gasteiger charge is -2.26. The summed E-state index contributed by atoms with van der Waals surface area (Å²) in [5.74, 6) is 0.517. The van der Waals surface area contributed by atoms with Crippen LogP contribution in [0, 0.1) is 0 Å². The molecular weight excluding hydrogens is 422 g/mol. The Kier molecular flexibility index (Phi) is 6.35.